The molecule has 1 aliphatic rings. The first-order valence-corrected chi connectivity index (χ1v) is 9.15. The molecule has 1 N–H and O–H groups in total. The maximum absolute atomic E-state index is 13.1. The van der Waals surface area contributed by atoms with E-state index >= 15 is 0 Å². The quantitative estimate of drug-likeness (QED) is 0.483. The number of nitrogens with zero attached hydrogens (tertiary/aromatic N) is 1. The summed E-state index contributed by atoms with van der Waals surface area (Å²) in [5, 5.41) is 3.16. The van der Waals surface area contributed by atoms with Gasteiger partial charge in [-0.25, -0.2) is 0 Å². The van der Waals surface area contributed by atoms with E-state index in [1.165, 1.54) is 0 Å². The molecule has 26 heavy (non-hydrogen) atoms. The standard InChI is InChI=1S/C21H13IN2O2/c22-14-8-10-15(11-9-14)23-18-19(24-12-4-1-5-13-24)21(26)17-7-3-2-6-16(17)20(18)25/h1-13H/p+1. The topological polar surface area (TPSA) is 50.1 Å². The van der Waals surface area contributed by atoms with Crippen LogP contribution in [0.2, 0.25) is 0 Å². The lowest BCUT2D eigenvalue weighted by Crippen LogP contribution is -2.41. The van der Waals surface area contributed by atoms with E-state index in [2.05, 4.69) is 27.9 Å². The van der Waals surface area contributed by atoms with Gasteiger partial charge in [0.05, 0.1) is 0 Å². The van der Waals surface area contributed by atoms with Gasteiger partial charge in [0, 0.05) is 32.5 Å². The van der Waals surface area contributed by atoms with E-state index in [0.717, 1.165) is 9.26 Å². The summed E-state index contributed by atoms with van der Waals surface area (Å²) < 4.78 is 2.78. The van der Waals surface area contributed by atoms with Crippen molar-refractivity contribution in [2.75, 3.05) is 5.32 Å². The van der Waals surface area contributed by atoms with Crippen molar-refractivity contribution in [2.45, 2.75) is 0 Å². The SMILES string of the molecule is O=C1C(Nc2ccc(I)cc2)=C([n+]2ccccc2)C(=O)c2ccccc21. The molecule has 4 rings (SSSR count). The van der Waals surface area contributed by atoms with E-state index < -0.39 is 0 Å². The average molecular weight is 453 g/mol. The normalized spacial score (nSPS) is 13.6. The van der Waals surface area contributed by atoms with Crippen molar-refractivity contribution in [3.63, 3.8) is 0 Å². The highest BCUT2D eigenvalue weighted by atomic mass is 127. The molecule has 1 aliphatic carbocycles. The number of ketones is 2. The number of aromatic nitrogens is 1. The van der Waals surface area contributed by atoms with Gasteiger partial charge in [-0.2, -0.15) is 4.57 Å². The van der Waals surface area contributed by atoms with Crippen molar-refractivity contribution in [1.82, 2.24) is 0 Å². The Kier molecular flexibility index (Phi) is 4.38. The fourth-order valence-corrected chi connectivity index (χ4v) is 3.31. The maximum atomic E-state index is 13.1. The van der Waals surface area contributed by atoms with E-state index in [1.54, 1.807) is 41.2 Å². The van der Waals surface area contributed by atoms with Crippen molar-refractivity contribution in [3.05, 3.63) is 99.5 Å². The van der Waals surface area contributed by atoms with E-state index in [-0.39, 0.29) is 17.3 Å². The monoisotopic (exact) mass is 453 g/mol. The van der Waals surface area contributed by atoms with Gasteiger partial charge < -0.3 is 5.32 Å². The summed E-state index contributed by atoms with van der Waals surface area (Å²) in [6, 6.07) is 20.1. The minimum absolute atomic E-state index is 0.176. The molecule has 0 unspecified atom stereocenters. The van der Waals surface area contributed by atoms with Gasteiger partial charge in [-0.1, -0.05) is 30.3 Å². The first-order chi connectivity index (χ1) is 12.6. The van der Waals surface area contributed by atoms with Crippen LogP contribution in [0, 0.1) is 3.57 Å². The number of fused-ring (bicyclic) bond motifs is 1. The first kappa shape index (κ1) is 16.7. The molecule has 0 bridgehead atoms. The number of rotatable bonds is 3. The predicted molar refractivity (Wildman–Crippen MR) is 108 cm³/mol. The third-order valence-electron chi connectivity index (χ3n) is 4.18. The van der Waals surface area contributed by atoms with E-state index in [1.807, 2.05) is 42.5 Å². The Labute approximate surface area is 164 Å². The third kappa shape index (κ3) is 2.94. The van der Waals surface area contributed by atoms with Crippen LogP contribution in [0.1, 0.15) is 20.7 Å². The number of Topliss-reactive ketones (excluding diaryl/α,β-unsaturated/α-hetero) is 2. The molecule has 0 saturated carbocycles. The van der Waals surface area contributed by atoms with Crippen LogP contribution in [0.25, 0.3) is 5.70 Å². The molecule has 1 aromatic heterocycles. The van der Waals surface area contributed by atoms with E-state index in [0.29, 0.717) is 16.8 Å². The summed E-state index contributed by atoms with van der Waals surface area (Å²) >= 11 is 2.22. The number of anilines is 1. The molecule has 4 nitrogen and oxygen atoms in total. The molecule has 2 aromatic carbocycles. The zero-order valence-corrected chi connectivity index (χ0v) is 15.8. The Hall–Kier alpha value is -2.80. The van der Waals surface area contributed by atoms with Gasteiger partial charge in [0.15, 0.2) is 18.1 Å². The lowest BCUT2D eigenvalue weighted by molar-refractivity contribution is -0.577. The van der Waals surface area contributed by atoms with Crippen molar-refractivity contribution >= 4 is 45.5 Å². The molecule has 126 valence electrons. The number of hydrogen-bond acceptors (Lipinski definition) is 3. The summed E-state index contributed by atoms with van der Waals surface area (Å²) in [5.74, 6) is -0.366. The molecule has 0 atom stereocenters. The molecule has 0 amide bonds. The van der Waals surface area contributed by atoms with Gasteiger partial charge in [-0.15, -0.1) is 0 Å². The van der Waals surface area contributed by atoms with Crippen molar-refractivity contribution in [1.29, 1.82) is 0 Å². The zero-order chi connectivity index (χ0) is 18.1. The summed E-state index contributed by atoms with van der Waals surface area (Å²) in [4.78, 5) is 26.3. The number of pyridine rings is 1. The van der Waals surface area contributed by atoms with Crippen molar-refractivity contribution in [3.8, 4) is 0 Å². The van der Waals surface area contributed by atoms with Crippen molar-refractivity contribution < 1.29 is 14.2 Å². The second-order valence-electron chi connectivity index (χ2n) is 5.84. The Morgan fingerprint density at radius 3 is 2.00 bits per heavy atom. The van der Waals surface area contributed by atoms with Crippen LogP contribution in [0.3, 0.4) is 0 Å². The Morgan fingerprint density at radius 1 is 0.731 bits per heavy atom. The van der Waals surface area contributed by atoms with Gasteiger partial charge in [-0.3, -0.25) is 9.59 Å². The highest BCUT2D eigenvalue weighted by molar-refractivity contribution is 14.1. The highest BCUT2D eigenvalue weighted by Gasteiger charge is 2.38. The number of nitrogens with one attached hydrogen (secondary N) is 1. The molecular weight excluding hydrogens is 439 g/mol. The molecule has 0 aliphatic heterocycles. The van der Waals surface area contributed by atoms with Crippen LogP contribution in [-0.2, 0) is 0 Å². The number of hydrogen-bond donors (Lipinski definition) is 1. The van der Waals surface area contributed by atoms with Gasteiger partial charge >= 0.3 is 0 Å². The summed E-state index contributed by atoms with van der Waals surface area (Å²) in [5.41, 5.74) is 2.22. The fourth-order valence-electron chi connectivity index (χ4n) is 2.95. The van der Waals surface area contributed by atoms with Crippen LogP contribution >= 0.6 is 22.6 Å². The second-order valence-corrected chi connectivity index (χ2v) is 7.09. The Bertz CT molecular complexity index is 1040. The van der Waals surface area contributed by atoms with E-state index in [4.69, 9.17) is 0 Å². The number of carbonyl (C=O) groups is 2. The smallest absolute Gasteiger partial charge is 0.286 e. The first-order valence-electron chi connectivity index (χ1n) is 8.07. The van der Waals surface area contributed by atoms with Crippen LogP contribution in [0.15, 0.2) is 84.8 Å². The number of carbonyl (C=O) groups excluding carboxylic acids is 2. The van der Waals surface area contributed by atoms with Gasteiger partial charge in [0.1, 0.15) is 0 Å². The lowest BCUT2D eigenvalue weighted by Gasteiger charge is -2.18. The molecule has 0 radical (unpaired) electrons. The van der Waals surface area contributed by atoms with Gasteiger partial charge in [0.2, 0.25) is 5.78 Å². The second kappa shape index (κ2) is 6.84. The molecular formula is C21H14IN2O2+. The number of allylic oxidation sites excluding steroid dienone is 2. The lowest BCUT2D eigenvalue weighted by atomic mass is 9.90. The fraction of sp³-hybridized carbons (Fsp3) is 0. The van der Waals surface area contributed by atoms with Crippen LogP contribution in [-0.4, -0.2) is 11.6 Å². The van der Waals surface area contributed by atoms with Crippen LogP contribution in [0.5, 0.6) is 0 Å². The minimum Gasteiger partial charge on any atom is -0.347 e. The summed E-state index contributed by atoms with van der Waals surface area (Å²) in [6.45, 7) is 0. The van der Waals surface area contributed by atoms with Gasteiger partial charge in [0.25, 0.3) is 11.5 Å². The molecule has 0 fully saturated rings. The van der Waals surface area contributed by atoms with Gasteiger partial charge in [-0.05, 0) is 46.9 Å². The van der Waals surface area contributed by atoms with Crippen LogP contribution in [0.4, 0.5) is 5.69 Å². The average Bonchev–Trinajstić information content (AvgIpc) is 2.68. The largest absolute Gasteiger partial charge is 0.347 e. The van der Waals surface area contributed by atoms with Crippen molar-refractivity contribution in [2.24, 2.45) is 0 Å². The summed E-state index contributed by atoms with van der Waals surface area (Å²) in [7, 11) is 0. The maximum Gasteiger partial charge on any atom is 0.286 e. The summed E-state index contributed by atoms with van der Waals surface area (Å²) in [6.07, 6.45) is 3.54. The molecule has 1 heterocycles. The molecule has 3 aromatic rings. The minimum atomic E-state index is -0.190. The zero-order valence-electron chi connectivity index (χ0n) is 13.6. The number of halogens is 1. The van der Waals surface area contributed by atoms with Crippen LogP contribution < -0.4 is 9.88 Å². The van der Waals surface area contributed by atoms with E-state index in [9.17, 15) is 9.59 Å². The Balaban J connectivity index is 1.90. The highest BCUT2D eigenvalue weighted by Crippen LogP contribution is 2.27. The third-order valence-corrected chi connectivity index (χ3v) is 4.90. The Morgan fingerprint density at radius 2 is 1.35 bits per heavy atom. The molecule has 0 saturated heterocycles. The number of benzene rings is 2. The predicted octanol–water partition coefficient (Wildman–Crippen LogP) is 3.94. The molecule has 5 heteroatoms. The molecule has 0 spiro atoms.